The van der Waals surface area contributed by atoms with Crippen molar-refractivity contribution >= 4 is 11.9 Å². The van der Waals surface area contributed by atoms with Gasteiger partial charge in [-0.2, -0.15) is 0 Å². The molecule has 1 aliphatic rings. The quantitative estimate of drug-likeness (QED) is 0.837. The van der Waals surface area contributed by atoms with Crippen molar-refractivity contribution in [2.45, 2.75) is 38.3 Å². The molecule has 1 aromatic carbocycles. The van der Waals surface area contributed by atoms with Crippen LogP contribution in [0.1, 0.15) is 26.2 Å². The second kappa shape index (κ2) is 7.15. The van der Waals surface area contributed by atoms with Gasteiger partial charge in [0, 0.05) is 6.04 Å². The van der Waals surface area contributed by atoms with Crippen LogP contribution in [0.4, 0.5) is 0 Å². The Kier molecular flexibility index (Phi) is 5.25. The molecule has 0 aromatic heterocycles. The van der Waals surface area contributed by atoms with E-state index >= 15 is 0 Å². The summed E-state index contributed by atoms with van der Waals surface area (Å²) in [5.41, 5.74) is 0. The van der Waals surface area contributed by atoms with E-state index in [1.807, 2.05) is 0 Å². The lowest BCUT2D eigenvalue weighted by Gasteiger charge is -2.21. The van der Waals surface area contributed by atoms with Gasteiger partial charge in [0.15, 0.2) is 6.10 Å². The molecule has 0 spiro atoms. The normalized spacial score (nSPS) is 21.9. The van der Waals surface area contributed by atoms with E-state index in [0.717, 1.165) is 6.42 Å². The topological polar surface area (TPSA) is 84.9 Å². The van der Waals surface area contributed by atoms with Crippen LogP contribution in [0.3, 0.4) is 0 Å². The first kappa shape index (κ1) is 16.1. The lowest BCUT2D eigenvalue weighted by atomic mass is 10.0. The summed E-state index contributed by atoms with van der Waals surface area (Å²) < 4.78 is 10.6. The Bertz CT molecular complexity index is 528. The number of aliphatic carboxylic acids is 1. The van der Waals surface area contributed by atoms with Gasteiger partial charge in [0.1, 0.15) is 11.5 Å². The van der Waals surface area contributed by atoms with Gasteiger partial charge in [-0.15, -0.1) is 0 Å². The molecule has 1 saturated carbocycles. The Morgan fingerprint density at radius 1 is 1.23 bits per heavy atom. The molecule has 3 atom stereocenters. The minimum Gasteiger partial charge on any atom is -0.497 e. The lowest BCUT2D eigenvalue weighted by Crippen LogP contribution is -2.45. The van der Waals surface area contributed by atoms with Crippen LogP contribution in [0.2, 0.25) is 0 Å². The van der Waals surface area contributed by atoms with Crippen molar-refractivity contribution in [3.63, 3.8) is 0 Å². The maximum absolute atomic E-state index is 12.1. The smallest absolute Gasteiger partial charge is 0.308 e. The summed E-state index contributed by atoms with van der Waals surface area (Å²) in [6, 6.07) is 6.62. The Morgan fingerprint density at radius 3 is 2.45 bits per heavy atom. The first-order valence-electron chi connectivity index (χ1n) is 7.35. The zero-order valence-corrected chi connectivity index (χ0v) is 12.7. The van der Waals surface area contributed by atoms with Crippen molar-refractivity contribution in [1.29, 1.82) is 0 Å². The number of hydrogen-bond acceptors (Lipinski definition) is 4. The van der Waals surface area contributed by atoms with E-state index in [4.69, 9.17) is 14.6 Å². The molecule has 0 bridgehead atoms. The van der Waals surface area contributed by atoms with Crippen LogP contribution in [-0.2, 0) is 9.59 Å². The van der Waals surface area contributed by atoms with Crippen molar-refractivity contribution in [2.75, 3.05) is 7.11 Å². The van der Waals surface area contributed by atoms with Gasteiger partial charge >= 0.3 is 5.97 Å². The van der Waals surface area contributed by atoms with Crippen molar-refractivity contribution in [3.05, 3.63) is 24.3 Å². The number of carbonyl (C=O) groups excluding carboxylic acids is 1. The molecule has 0 aliphatic heterocycles. The molecule has 0 radical (unpaired) electrons. The monoisotopic (exact) mass is 307 g/mol. The summed E-state index contributed by atoms with van der Waals surface area (Å²) >= 11 is 0. The molecule has 120 valence electrons. The van der Waals surface area contributed by atoms with Gasteiger partial charge in [-0.1, -0.05) is 6.42 Å². The molecule has 0 heterocycles. The van der Waals surface area contributed by atoms with Gasteiger partial charge in [-0.3, -0.25) is 9.59 Å². The molecule has 2 N–H and O–H groups in total. The van der Waals surface area contributed by atoms with E-state index in [1.54, 1.807) is 38.3 Å². The highest BCUT2D eigenvalue weighted by Gasteiger charge is 2.34. The van der Waals surface area contributed by atoms with Gasteiger partial charge in [0.05, 0.1) is 13.0 Å². The van der Waals surface area contributed by atoms with E-state index in [-0.39, 0.29) is 11.9 Å². The Hall–Kier alpha value is -2.24. The number of nitrogens with one attached hydrogen (secondary N) is 1. The predicted molar refractivity (Wildman–Crippen MR) is 80.0 cm³/mol. The van der Waals surface area contributed by atoms with E-state index in [9.17, 15) is 9.59 Å². The highest BCUT2D eigenvalue weighted by molar-refractivity contribution is 5.82. The maximum Gasteiger partial charge on any atom is 0.308 e. The van der Waals surface area contributed by atoms with Crippen molar-refractivity contribution in [1.82, 2.24) is 5.32 Å². The number of carbonyl (C=O) groups is 2. The van der Waals surface area contributed by atoms with E-state index in [1.165, 1.54) is 0 Å². The lowest BCUT2D eigenvalue weighted by molar-refractivity contribution is -0.142. The maximum atomic E-state index is 12.1. The molecule has 1 aromatic rings. The Morgan fingerprint density at radius 2 is 1.86 bits per heavy atom. The molecule has 22 heavy (non-hydrogen) atoms. The predicted octanol–water partition coefficient (Wildman–Crippen LogP) is 1.83. The van der Waals surface area contributed by atoms with Gasteiger partial charge in [0.25, 0.3) is 5.91 Å². The van der Waals surface area contributed by atoms with Crippen molar-refractivity contribution in [3.8, 4) is 11.5 Å². The standard InChI is InChI=1S/C16H21NO5/c1-10(22-12-8-6-11(21-2)7-9-12)15(18)17-14-5-3-4-13(14)16(19)20/h6-10,13-14H,3-5H2,1-2H3,(H,17,18)(H,19,20)/t10?,13-,14+/m0/s1. The molecule has 2 rings (SSSR count). The van der Waals surface area contributed by atoms with Gasteiger partial charge < -0.3 is 19.9 Å². The Balaban J connectivity index is 1.90. The van der Waals surface area contributed by atoms with E-state index in [2.05, 4.69) is 5.32 Å². The van der Waals surface area contributed by atoms with Gasteiger partial charge in [-0.05, 0) is 44.0 Å². The number of benzene rings is 1. The number of carboxylic acid groups (broad SMARTS) is 1. The largest absolute Gasteiger partial charge is 0.497 e. The minimum absolute atomic E-state index is 0.297. The first-order chi connectivity index (χ1) is 10.5. The zero-order valence-electron chi connectivity index (χ0n) is 12.7. The summed E-state index contributed by atoms with van der Waals surface area (Å²) in [6.45, 7) is 1.64. The highest BCUT2D eigenvalue weighted by atomic mass is 16.5. The van der Waals surface area contributed by atoms with Crippen LogP contribution < -0.4 is 14.8 Å². The summed E-state index contributed by atoms with van der Waals surface area (Å²) in [6.07, 6.45) is 1.42. The van der Waals surface area contributed by atoms with Crippen LogP contribution in [0.5, 0.6) is 11.5 Å². The average molecular weight is 307 g/mol. The van der Waals surface area contributed by atoms with Crippen LogP contribution in [-0.4, -0.2) is 36.2 Å². The summed E-state index contributed by atoms with van der Waals surface area (Å²) in [5, 5.41) is 11.9. The molecule has 6 heteroatoms. The third kappa shape index (κ3) is 3.90. The average Bonchev–Trinajstić information content (AvgIpc) is 2.96. The minimum atomic E-state index is -0.855. The molecule has 1 amide bonds. The second-order valence-corrected chi connectivity index (χ2v) is 5.43. The molecule has 6 nitrogen and oxygen atoms in total. The molecule has 1 unspecified atom stereocenters. The number of carboxylic acids is 1. The van der Waals surface area contributed by atoms with Crippen molar-refractivity contribution < 1.29 is 24.2 Å². The number of ether oxygens (including phenoxy) is 2. The van der Waals surface area contributed by atoms with Crippen LogP contribution in [0.25, 0.3) is 0 Å². The second-order valence-electron chi connectivity index (χ2n) is 5.43. The van der Waals surface area contributed by atoms with Crippen LogP contribution in [0, 0.1) is 5.92 Å². The number of hydrogen-bond donors (Lipinski definition) is 2. The Labute approximate surface area is 129 Å². The third-order valence-electron chi connectivity index (χ3n) is 3.90. The third-order valence-corrected chi connectivity index (χ3v) is 3.90. The SMILES string of the molecule is COc1ccc(OC(C)C(=O)N[C@@H]2CCC[C@@H]2C(=O)O)cc1. The summed E-state index contributed by atoms with van der Waals surface area (Å²) in [7, 11) is 1.58. The molecular formula is C16H21NO5. The van der Waals surface area contributed by atoms with Crippen LogP contribution in [0.15, 0.2) is 24.3 Å². The fourth-order valence-corrected chi connectivity index (χ4v) is 2.64. The fourth-order valence-electron chi connectivity index (χ4n) is 2.64. The van der Waals surface area contributed by atoms with Gasteiger partial charge in [0.2, 0.25) is 0 Å². The van der Waals surface area contributed by atoms with Crippen LogP contribution >= 0.6 is 0 Å². The molecule has 1 fully saturated rings. The molecular weight excluding hydrogens is 286 g/mol. The van der Waals surface area contributed by atoms with E-state index in [0.29, 0.717) is 24.3 Å². The molecule has 1 aliphatic carbocycles. The zero-order chi connectivity index (χ0) is 16.1. The summed E-state index contributed by atoms with van der Waals surface area (Å²) in [5.74, 6) is -0.387. The van der Waals surface area contributed by atoms with E-state index < -0.39 is 18.0 Å². The number of amides is 1. The van der Waals surface area contributed by atoms with Crippen molar-refractivity contribution in [2.24, 2.45) is 5.92 Å². The summed E-state index contributed by atoms with van der Waals surface area (Å²) in [4.78, 5) is 23.3. The highest BCUT2D eigenvalue weighted by Crippen LogP contribution is 2.26. The van der Waals surface area contributed by atoms with Gasteiger partial charge in [-0.25, -0.2) is 0 Å². The molecule has 0 saturated heterocycles. The first-order valence-corrected chi connectivity index (χ1v) is 7.35. The fraction of sp³-hybridized carbons (Fsp3) is 0.500. The number of rotatable bonds is 6. The number of methoxy groups -OCH3 is 1.